The van der Waals surface area contributed by atoms with E-state index in [1.165, 1.54) is 14.2 Å². The van der Waals surface area contributed by atoms with Gasteiger partial charge in [-0.3, -0.25) is 0 Å². The Balaban J connectivity index is 0.00000192. The van der Waals surface area contributed by atoms with Crippen molar-refractivity contribution < 1.29 is 17.9 Å². The highest BCUT2D eigenvalue weighted by Gasteiger charge is 2.37. The fourth-order valence-corrected chi connectivity index (χ4v) is 5.12. The van der Waals surface area contributed by atoms with Gasteiger partial charge < -0.3 is 14.8 Å². The minimum Gasteiger partial charge on any atom is -0.495 e. The Kier molecular flexibility index (Phi) is 5.78. The molecule has 0 amide bonds. The van der Waals surface area contributed by atoms with Crippen molar-refractivity contribution in [3.8, 4) is 11.5 Å². The van der Waals surface area contributed by atoms with Crippen LogP contribution in [0.15, 0.2) is 23.1 Å². The van der Waals surface area contributed by atoms with E-state index in [1.807, 2.05) is 0 Å². The number of hydrogen-bond acceptors (Lipinski definition) is 5. The van der Waals surface area contributed by atoms with Gasteiger partial charge in [-0.2, -0.15) is 4.31 Å². The van der Waals surface area contributed by atoms with Gasteiger partial charge in [-0.25, -0.2) is 8.42 Å². The molecule has 2 aliphatic heterocycles. The SMILES string of the molecule is COc1cccc(OC)c1S(=O)(=O)N1CCC2CCC(C1)N2.Cl. The van der Waals surface area contributed by atoms with Crippen LogP contribution in [0.25, 0.3) is 0 Å². The highest BCUT2D eigenvalue weighted by molar-refractivity contribution is 7.89. The molecule has 2 unspecified atom stereocenters. The van der Waals surface area contributed by atoms with E-state index in [-0.39, 0.29) is 23.3 Å². The van der Waals surface area contributed by atoms with E-state index in [0.29, 0.717) is 30.6 Å². The van der Waals surface area contributed by atoms with Gasteiger partial charge in [0.2, 0.25) is 0 Å². The molecule has 0 aliphatic carbocycles. The van der Waals surface area contributed by atoms with E-state index in [2.05, 4.69) is 5.32 Å². The first kappa shape index (κ1) is 18.3. The molecule has 1 aromatic rings. The van der Waals surface area contributed by atoms with Gasteiger partial charge in [-0.1, -0.05) is 6.07 Å². The van der Waals surface area contributed by atoms with Crippen molar-refractivity contribution >= 4 is 22.4 Å². The average molecular weight is 363 g/mol. The van der Waals surface area contributed by atoms with E-state index in [0.717, 1.165) is 19.3 Å². The Bertz CT molecular complexity index is 631. The number of sulfonamides is 1. The smallest absolute Gasteiger partial charge is 0.250 e. The van der Waals surface area contributed by atoms with Crippen LogP contribution in [-0.4, -0.2) is 52.1 Å². The monoisotopic (exact) mass is 362 g/mol. The Labute approximate surface area is 143 Å². The maximum Gasteiger partial charge on any atom is 0.250 e. The molecule has 8 heteroatoms. The Morgan fingerprint density at radius 2 is 1.70 bits per heavy atom. The quantitative estimate of drug-likeness (QED) is 0.882. The van der Waals surface area contributed by atoms with E-state index in [1.54, 1.807) is 22.5 Å². The topological polar surface area (TPSA) is 67.9 Å². The minimum absolute atomic E-state index is 0. The van der Waals surface area contributed by atoms with Crippen molar-refractivity contribution in [2.75, 3.05) is 27.3 Å². The standard InChI is InChI=1S/C15H22N2O4S.ClH/c1-20-13-4-3-5-14(21-2)15(13)22(18,19)17-9-8-11-6-7-12(10-17)16-11;/h3-5,11-12,16H,6-10H2,1-2H3;1H. The number of benzene rings is 1. The number of fused-ring (bicyclic) bond motifs is 2. The van der Waals surface area contributed by atoms with Crippen molar-refractivity contribution in [2.24, 2.45) is 0 Å². The number of ether oxygens (including phenoxy) is 2. The van der Waals surface area contributed by atoms with Crippen LogP contribution in [0.3, 0.4) is 0 Å². The normalized spacial score (nSPS) is 24.6. The highest BCUT2D eigenvalue weighted by Crippen LogP contribution is 2.36. The second-order valence-corrected chi connectivity index (χ2v) is 7.66. The summed E-state index contributed by atoms with van der Waals surface area (Å²) in [6.45, 7) is 1.03. The van der Waals surface area contributed by atoms with Crippen LogP contribution in [0, 0.1) is 0 Å². The molecular weight excluding hydrogens is 340 g/mol. The molecule has 0 aromatic heterocycles. The molecule has 2 aliphatic rings. The summed E-state index contributed by atoms with van der Waals surface area (Å²) in [5.41, 5.74) is 0. The summed E-state index contributed by atoms with van der Waals surface area (Å²) in [7, 11) is -0.706. The molecule has 130 valence electrons. The van der Waals surface area contributed by atoms with Crippen LogP contribution in [-0.2, 0) is 10.0 Å². The molecule has 23 heavy (non-hydrogen) atoms. The van der Waals surface area contributed by atoms with E-state index in [9.17, 15) is 8.42 Å². The molecule has 0 saturated carbocycles. The summed E-state index contributed by atoms with van der Waals surface area (Å²) in [6, 6.07) is 5.70. The van der Waals surface area contributed by atoms with Crippen molar-refractivity contribution in [2.45, 2.75) is 36.2 Å². The summed E-state index contributed by atoms with van der Waals surface area (Å²) in [4.78, 5) is 0.123. The first-order valence-corrected chi connectivity index (χ1v) is 8.97. The summed E-state index contributed by atoms with van der Waals surface area (Å²) < 4.78 is 38.3. The molecule has 2 bridgehead atoms. The predicted molar refractivity (Wildman–Crippen MR) is 90.1 cm³/mol. The molecule has 2 heterocycles. The molecular formula is C15H23ClN2O4S. The lowest BCUT2D eigenvalue weighted by molar-refractivity contribution is 0.356. The van der Waals surface area contributed by atoms with Crippen molar-refractivity contribution in [3.05, 3.63) is 18.2 Å². The van der Waals surface area contributed by atoms with Crippen LogP contribution in [0.2, 0.25) is 0 Å². The molecule has 0 spiro atoms. The van der Waals surface area contributed by atoms with Gasteiger partial charge in [0, 0.05) is 25.2 Å². The summed E-state index contributed by atoms with van der Waals surface area (Å²) >= 11 is 0. The lowest BCUT2D eigenvalue weighted by atomic mass is 10.1. The maximum atomic E-state index is 13.1. The Morgan fingerprint density at radius 3 is 2.30 bits per heavy atom. The second-order valence-electron chi connectivity index (χ2n) is 5.78. The lowest BCUT2D eigenvalue weighted by Crippen LogP contribution is -2.39. The van der Waals surface area contributed by atoms with Gasteiger partial charge in [0.05, 0.1) is 14.2 Å². The summed E-state index contributed by atoms with van der Waals surface area (Å²) in [5, 5.41) is 3.49. The van der Waals surface area contributed by atoms with Gasteiger partial charge in [0.1, 0.15) is 11.5 Å². The molecule has 2 saturated heterocycles. The van der Waals surface area contributed by atoms with Gasteiger partial charge >= 0.3 is 0 Å². The molecule has 6 nitrogen and oxygen atoms in total. The summed E-state index contributed by atoms with van der Waals surface area (Å²) in [6.07, 6.45) is 3.00. The van der Waals surface area contributed by atoms with Crippen LogP contribution in [0.1, 0.15) is 19.3 Å². The third kappa shape index (κ3) is 3.42. The third-order valence-corrected chi connectivity index (χ3v) is 6.40. The third-order valence-electron chi connectivity index (χ3n) is 4.47. The molecule has 0 radical (unpaired) electrons. The van der Waals surface area contributed by atoms with E-state index < -0.39 is 10.0 Å². The number of hydrogen-bond donors (Lipinski definition) is 1. The van der Waals surface area contributed by atoms with E-state index >= 15 is 0 Å². The molecule has 2 atom stereocenters. The van der Waals surface area contributed by atoms with Gasteiger partial charge in [0.25, 0.3) is 10.0 Å². The lowest BCUT2D eigenvalue weighted by Gasteiger charge is -2.25. The Hall–Kier alpha value is -1.02. The number of nitrogens with one attached hydrogen (secondary N) is 1. The Morgan fingerprint density at radius 1 is 1.09 bits per heavy atom. The fourth-order valence-electron chi connectivity index (χ4n) is 3.33. The van der Waals surface area contributed by atoms with Crippen molar-refractivity contribution in [1.82, 2.24) is 9.62 Å². The van der Waals surface area contributed by atoms with Gasteiger partial charge in [-0.05, 0) is 31.4 Å². The van der Waals surface area contributed by atoms with Gasteiger partial charge in [-0.15, -0.1) is 12.4 Å². The fraction of sp³-hybridized carbons (Fsp3) is 0.600. The largest absolute Gasteiger partial charge is 0.495 e. The molecule has 2 fully saturated rings. The second kappa shape index (κ2) is 7.25. The number of methoxy groups -OCH3 is 2. The maximum absolute atomic E-state index is 13.1. The molecule has 3 rings (SSSR count). The number of nitrogens with zero attached hydrogens (tertiary/aromatic N) is 1. The first-order chi connectivity index (χ1) is 10.6. The zero-order valence-corrected chi connectivity index (χ0v) is 15.0. The number of halogens is 1. The van der Waals surface area contributed by atoms with Gasteiger partial charge in [0.15, 0.2) is 4.90 Å². The van der Waals surface area contributed by atoms with Crippen molar-refractivity contribution in [3.63, 3.8) is 0 Å². The van der Waals surface area contributed by atoms with Crippen LogP contribution in [0.4, 0.5) is 0 Å². The summed E-state index contributed by atoms with van der Waals surface area (Å²) in [5.74, 6) is 0.642. The first-order valence-electron chi connectivity index (χ1n) is 7.53. The van der Waals surface area contributed by atoms with Crippen LogP contribution in [0.5, 0.6) is 11.5 Å². The highest BCUT2D eigenvalue weighted by atomic mass is 35.5. The zero-order chi connectivity index (χ0) is 15.7. The zero-order valence-electron chi connectivity index (χ0n) is 13.3. The van der Waals surface area contributed by atoms with E-state index in [4.69, 9.17) is 9.47 Å². The molecule has 1 N–H and O–H groups in total. The predicted octanol–water partition coefficient (Wildman–Crippen LogP) is 1.64. The number of rotatable bonds is 4. The van der Waals surface area contributed by atoms with Crippen LogP contribution >= 0.6 is 12.4 Å². The van der Waals surface area contributed by atoms with Crippen molar-refractivity contribution in [1.29, 1.82) is 0 Å². The average Bonchev–Trinajstić information content (AvgIpc) is 2.84. The van der Waals surface area contributed by atoms with Crippen LogP contribution < -0.4 is 14.8 Å². The molecule has 1 aromatic carbocycles. The minimum atomic E-state index is -3.65.